The molecule has 1 unspecified atom stereocenters. The van der Waals surface area contributed by atoms with E-state index in [0.29, 0.717) is 28.4 Å². The van der Waals surface area contributed by atoms with Crippen LogP contribution in [0.1, 0.15) is 22.8 Å². The lowest BCUT2D eigenvalue weighted by molar-refractivity contribution is -0.115. The monoisotopic (exact) mass is 659 g/mol. The molecule has 0 saturated carbocycles. The van der Waals surface area contributed by atoms with Gasteiger partial charge in [0, 0.05) is 44.5 Å². The predicted molar refractivity (Wildman–Crippen MR) is 175 cm³/mol. The maximum Gasteiger partial charge on any atom is 0.272 e. The summed E-state index contributed by atoms with van der Waals surface area (Å²) in [6.07, 6.45) is 1.61. The van der Waals surface area contributed by atoms with E-state index in [1.807, 2.05) is 49.4 Å². The summed E-state index contributed by atoms with van der Waals surface area (Å²) in [4.78, 5) is 39.9. The van der Waals surface area contributed by atoms with Crippen molar-refractivity contribution in [1.82, 2.24) is 5.32 Å². The molecule has 4 rings (SSSR count). The molecule has 0 aliphatic heterocycles. The van der Waals surface area contributed by atoms with Crippen molar-refractivity contribution in [2.45, 2.75) is 17.1 Å². The fourth-order valence-electron chi connectivity index (χ4n) is 3.90. The number of hydrogen-bond acceptors (Lipinski definition) is 6. The summed E-state index contributed by atoms with van der Waals surface area (Å²) in [5, 5.41) is 8.06. The first-order valence-corrected chi connectivity index (χ1v) is 14.9. The maximum absolute atomic E-state index is 13.3. The molecule has 1 atom stereocenters. The predicted octanol–water partition coefficient (Wildman–Crippen LogP) is 7.00. The van der Waals surface area contributed by atoms with Crippen LogP contribution in [0.5, 0.6) is 11.5 Å². The van der Waals surface area contributed by atoms with E-state index in [9.17, 15) is 14.4 Å². The first-order chi connectivity index (χ1) is 20.7. The molecule has 0 aliphatic carbocycles. The number of amides is 3. The van der Waals surface area contributed by atoms with Gasteiger partial charge in [-0.3, -0.25) is 14.4 Å². The molecule has 4 aromatic rings. The van der Waals surface area contributed by atoms with E-state index in [4.69, 9.17) is 9.47 Å². The molecule has 220 valence electrons. The fourth-order valence-corrected chi connectivity index (χ4v) is 5.19. The molecule has 3 N–H and O–H groups in total. The van der Waals surface area contributed by atoms with Crippen molar-refractivity contribution in [1.29, 1.82) is 0 Å². The van der Waals surface area contributed by atoms with Crippen LogP contribution in [-0.2, 0) is 9.59 Å². The Morgan fingerprint density at radius 2 is 1.47 bits per heavy atom. The van der Waals surface area contributed by atoms with Crippen LogP contribution in [0.4, 0.5) is 11.4 Å². The van der Waals surface area contributed by atoms with Gasteiger partial charge in [-0.05, 0) is 67.1 Å². The lowest BCUT2D eigenvalue weighted by Crippen LogP contribution is -2.30. The quantitative estimate of drug-likeness (QED) is 0.118. The SMILES string of the molecule is COc1cc(NC(=O)C(C)Sc2ccc(NC(=O)/C(=C/c3cccc(Br)c3)NC(=O)c3ccccc3)cc2)cc(OC)c1. The van der Waals surface area contributed by atoms with Gasteiger partial charge >= 0.3 is 0 Å². The van der Waals surface area contributed by atoms with E-state index in [-0.39, 0.29) is 11.6 Å². The molecular weight excluding hydrogens is 630 g/mol. The number of benzene rings is 4. The number of anilines is 2. The summed E-state index contributed by atoms with van der Waals surface area (Å²) in [6.45, 7) is 1.81. The van der Waals surface area contributed by atoms with Crippen molar-refractivity contribution in [2.24, 2.45) is 0 Å². The molecule has 4 aromatic carbocycles. The first kappa shape index (κ1) is 31.4. The number of hydrogen-bond donors (Lipinski definition) is 3. The van der Waals surface area contributed by atoms with Crippen LogP contribution in [0.15, 0.2) is 112 Å². The smallest absolute Gasteiger partial charge is 0.272 e. The lowest BCUT2D eigenvalue weighted by atomic mass is 10.1. The van der Waals surface area contributed by atoms with E-state index in [1.54, 1.807) is 74.9 Å². The van der Waals surface area contributed by atoms with Gasteiger partial charge in [-0.25, -0.2) is 0 Å². The second-order valence-corrected chi connectivity index (χ2v) is 11.6. The average molecular weight is 661 g/mol. The number of nitrogens with one attached hydrogen (secondary N) is 3. The molecule has 0 aromatic heterocycles. The molecule has 8 nitrogen and oxygen atoms in total. The van der Waals surface area contributed by atoms with Gasteiger partial charge in [-0.1, -0.05) is 46.3 Å². The highest BCUT2D eigenvalue weighted by atomic mass is 79.9. The van der Waals surface area contributed by atoms with Gasteiger partial charge in [0.15, 0.2) is 0 Å². The third-order valence-corrected chi connectivity index (χ3v) is 7.71. The normalized spacial score (nSPS) is 11.7. The minimum Gasteiger partial charge on any atom is -0.497 e. The number of ether oxygens (including phenoxy) is 2. The van der Waals surface area contributed by atoms with Gasteiger partial charge < -0.3 is 25.4 Å². The Bertz CT molecular complexity index is 1610. The number of methoxy groups -OCH3 is 2. The van der Waals surface area contributed by atoms with Crippen molar-refractivity contribution in [3.8, 4) is 11.5 Å². The van der Waals surface area contributed by atoms with Crippen LogP contribution in [-0.4, -0.2) is 37.2 Å². The Kier molecular flexibility index (Phi) is 11.0. The van der Waals surface area contributed by atoms with E-state index >= 15 is 0 Å². The van der Waals surface area contributed by atoms with Gasteiger partial charge in [0.1, 0.15) is 17.2 Å². The van der Waals surface area contributed by atoms with Crippen molar-refractivity contribution in [2.75, 3.05) is 24.9 Å². The Hall–Kier alpha value is -4.54. The molecule has 3 amide bonds. The fraction of sp³-hybridized carbons (Fsp3) is 0.121. The van der Waals surface area contributed by atoms with E-state index in [0.717, 1.165) is 14.9 Å². The maximum atomic E-state index is 13.3. The molecule has 43 heavy (non-hydrogen) atoms. The van der Waals surface area contributed by atoms with Crippen LogP contribution in [0.25, 0.3) is 6.08 Å². The lowest BCUT2D eigenvalue weighted by Gasteiger charge is -2.14. The third kappa shape index (κ3) is 9.22. The Morgan fingerprint density at radius 1 is 0.791 bits per heavy atom. The second-order valence-electron chi connectivity index (χ2n) is 9.26. The Labute approximate surface area is 263 Å². The Morgan fingerprint density at radius 3 is 2.09 bits per heavy atom. The van der Waals surface area contributed by atoms with E-state index < -0.39 is 17.1 Å². The van der Waals surface area contributed by atoms with Crippen LogP contribution >= 0.6 is 27.7 Å². The standard InChI is InChI=1S/C33H30BrN3O5S/c1-21(31(38)36-26-18-27(41-2)20-28(19-26)42-3)43-29-14-12-25(13-15-29)35-33(40)30(17-22-8-7-11-24(34)16-22)37-32(39)23-9-5-4-6-10-23/h4-21H,1-3H3,(H,35,40)(H,36,38)(H,37,39)/b30-17-. The zero-order valence-electron chi connectivity index (χ0n) is 23.7. The largest absolute Gasteiger partial charge is 0.497 e. The van der Waals surface area contributed by atoms with Gasteiger partial charge in [-0.2, -0.15) is 0 Å². The Balaban J connectivity index is 1.42. The number of carbonyl (C=O) groups is 3. The highest BCUT2D eigenvalue weighted by Gasteiger charge is 2.17. The average Bonchev–Trinajstić information content (AvgIpc) is 3.01. The zero-order valence-corrected chi connectivity index (χ0v) is 26.1. The van der Waals surface area contributed by atoms with Crippen molar-refractivity contribution in [3.05, 3.63) is 118 Å². The van der Waals surface area contributed by atoms with E-state index in [2.05, 4.69) is 31.9 Å². The molecule has 0 radical (unpaired) electrons. The highest BCUT2D eigenvalue weighted by molar-refractivity contribution is 9.10. The van der Waals surface area contributed by atoms with Crippen LogP contribution in [0.2, 0.25) is 0 Å². The van der Waals surface area contributed by atoms with Gasteiger partial charge in [0.25, 0.3) is 11.8 Å². The summed E-state index contributed by atoms with van der Waals surface area (Å²) < 4.78 is 11.4. The number of halogens is 1. The summed E-state index contributed by atoms with van der Waals surface area (Å²) in [5.74, 6) is 0.0763. The summed E-state index contributed by atoms with van der Waals surface area (Å²) in [6, 6.07) is 28.4. The molecule has 0 fully saturated rings. The zero-order chi connectivity index (χ0) is 30.8. The number of rotatable bonds is 11. The van der Waals surface area contributed by atoms with Gasteiger partial charge in [0.05, 0.1) is 19.5 Å². The summed E-state index contributed by atoms with van der Waals surface area (Å²) in [7, 11) is 3.09. The molecule has 0 bridgehead atoms. The van der Waals surface area contributed by atoms with Crippen LogP contribution in [0, 0.1) is 0 Å². The summed E-state index contributed by atoms with van der Waals surface area (Å²) in [5.41, 5.74) is 2.35. The molecule has 10 heteroatoms. The molecule has 0 saturated heterocycles. The number of carbonyl (C=O) groups excluding carboxylic acids is 3. The highest BCUT2D eigenvalue weighted by Crippen LogP contribution is 2.29. The second kappa shape index (κ2) is 15.1. The van der Waals surface area contributed by atoms with Crippen molar-refractivity contribution in [3.63, 3.8) is 0 Å². The van der Waals surface area contributed by atoms with E-state index in [1.165, 1.54) is 11.8 Å². The van der Waals surface area contributed by atoms with Crippen molar-refractivity contribution < 1.29 is 23.9 Å². The topological polar surface area (TPSA) is 106 Å². The molecule has 0 spiro atoms. The molecular formula is C33H30BrN3O5S. The minimum atomic E-state index is -0.480. The van der Waals surface area contributed by atoms with Gasteiger partial charge in [-0.15, -0.1) is 11.8 Å². The third-order valence-electron chi connectivity index (χ3n) is 6.10. The number of thioether (sulfide) groups is 1. The van der Waals surface area contributed by atoms with Gasteiger partial charge in [0.2, 0.25) is 5.91 Å². The summed E-state index contributed by atoms with van der Waals surface area (Å²) >= 11 is 4.81. The molecule has 0 heterocycles. The van der Waals surface area contributed by atoms with Crippen LogP contribution < -0.4 is 25.4 Å². The van der Waals surface area contributed by atoms with Crippen molar-refractivity contribution >= 4 is 62.9 Å². The minimum absolute atomic E-state index is 0.0878. The molecule has 0 aliphatic rings. The first-order valence-electron chi connectivity index (χ1n) is 13.2. The van der Waals surface area contributed by atoms with Crippen LogP contribution in [0.3, 0.4) is 0 Å².